The monoisotopic (exact) mass is 253 g/mol. The van der Waals surface area contributed by atoms with E-state index in [1.54, 1.807) is 12.1 Å². The van der Waals surface area contributed by atoms with Crippen LogP contribution in [0.5, 0.6) is 5.75 Å². The summed E-state index contributed by atoms with van der Waals surface area (Å²) in [6, 6.07) is 5.31. The molecule has 1 fully saturated rings. The van der Waals surface area contributed by atoms with E-state index in [1.165, 1.54) is 7.11 Å². The van der Waals surface area contributed by atoms with Gasteiger partial charge < -0.3 is 10.1 Å². The lowest BCUT2D eigenvalue weighted by Gasteiger charge is -2.11. The smallest absolute Gasteiger partial charge is 0.184 e. The molecule has 0 aromatic heterocycles. The van der Waals surface area contributed by atoms with E-state index in [2.05, 4.69) is 5.32 Å². The predicted molar refractivity (Wildman–Crippen MR) is 65.2 cm³/mol. The Morgan fingerprint density at radius 3 is 2.76 bits per heavy atom. The summed E-state index contributed by atoms with van der Waals surface area (Å²) < 4.78 is 30.0. The quantitative estimate of drug-likeness (QED) is 0.827. The molecule has 4 nitrogen and oxygen atoms in total. The normalized spacial score (nSPS) is 23.4. The van der Waals surface area contributed by atoms with Gasteiger partial charge in [0.1, 0.15) is 10.6 Å². The molecular formula is C12H15NO3S. The van der Waals surface area contributed by atoms with Gasteiger partial charge in [-0.2, -0.15) is 0 Å². The molecule has 2 aliphatic rings. The van der Waals surface area contributed by atoms with Crippen LogP contribution in [0.1, 0.15) is 12.8 Å². The lowest BCUT2D eigenvalue weighted by atomic mass is 10.1. The zero-order chi connectivity index (χ0) is 12.1. The fraction of sp³-hybridized carbons (Fsp3) is 0.500. The molecule has 0 saturated heterocycles. The molecule has 1 spiro atoms. The summed E-state index contributed by atoms with van der Waals surface area (Å²) in [6.07, 6.45) is 1.99. The van der Waals surface area contributed by atoms with Gasteiger partial charge in [-0.05, 0) is 25.0 Å². The van der Waals surface area contributed by atoms with Crippen LogP contribution in [0.2, 0.25) is 0 Å². The van der Waals surface area contributed by atoms with E-state index in [1.807, 2.05) is 6.07 Å². The second kappa shape index (κ2) is 3.38. The molecule has 0 amide bonds. The molecule has 0 atom stereocenters. The maximum absolute atomic E-state index is 12.4. The van der Waals surface area contributed by atoms with Gasteiger partial charge in [0, 0.05) is 12.0 Å². The number of benzene rings is 1. The van der Waals surface area contributed by atoms with E-state index < -0.39 is 9.84 Å². The highest BCUT2D eigenvalue weighted by atomic mass is 32.2. The standard InChI is InChI=1S/C12H15NO3S/c1-16-10-4-2-3-9-11(10)17(14,15)8-12(5-6-12)7-13-9/h2-4,13H,5-8H2,1H3. The number of methoxy groups -OCH3 is 1. The molecule has 1 saturated carbocycles. The number of hydrogen-bond acceptors (Lipinski definition) is 4. The van der Waals surface area contributed by atoms with Crippen LogP contribution in [0.3, 0.4) is 0 Å². The van der Waals surface area contributed by atoms with E-state index in [9.17, 15) is 8.42 Å². The average molecular weight is 253 g/mol. The summed E-state index contributed by atoms with van der Waals surface area (Å²) in [6.45, 7) is 0.742. The Hall–Kier alpha value is -1.23. The highest BCUT2D eigenvalue weighted by molar-refractivity contribution is 7.91. The van der Waals surface area contributed by atoms with Crippen LogP contribution in [0.4, 0.5) is 5.69 Å². The molecule has 92 valence electrons. The van der Waals surface area contributed by atoms with E-state index in [4.69, 9.17) is 4.74 Å². The van der Waals surface area contributed by atoms with E-state index >= 15 is 0 Å². The Kier molecular flexibility index (Phi) is 2.17. The van der Waals surface area contributed by atoms with Crippen LogP contribution in [0, 0.1) is 5.41 Å². The summed E-state index contributed by atoms with van der Waals surface area (Å²) in [5.74, 6) is 0.674. The topological polar surface area (TPSA) is 55.4 Å². The summed E-state index contributed by atoms with van der Waals surface area (Å²) in [4.78, 5) is 0.325. The third-order valence-electron chi connectivity index (χ3n) is 3.62. The van der Waals surface area contributed by atoms with Gasteiger partial charge in [-0.3, -0.25) is 0 Å². The van der Waals surface area contributed by atoms with Crippen LogP contribution >= 0.6 is 0 Å². The molecule has 3 rings (SSSR count). The largest absolute Gasteiger partial charge is 0.495 e. The van der Waals surface area contributed by atoms with Crippen LogP contribution in [0.15, 0.2) is 23.1 Å². The third kappa shape index (κ3) is 1.69. The number of anilines is 1. The van der Waals surface area contributed by atoms with Gasteiger partial charge >= 0.3 is 0 Å². The molecule has 1 aliphatic heterocycles. The maximum Gasteiger partial charge on any atom is 0.184 e. The molecule has 0 radical (unpaired) electrons. The number of nitrogens with one attached hydrogen (secondary N) is 1. The van der Waals surface area contributed by atoms with Crippen LogP contribution < -0.4 is 10.1 Å². The third-order valence-corrected chi connectivity index (χ3v) is 5.65. The fourth-order valence-corrected chi connectivity index (χ4v) is 4.72. The van der Waals surface area contributed by atoms with Crippen molar-refractivity contribution in [2.75, 3.05) is 24.7 Å². The van der Waals surface area contributed by atoms with Crippen molar-refractivity contribution < 1.29 is 13.2 Å². The number of hydrogen-bond donors (Lipinski definition) is 1. The van der Waals surface area contributed by atoms with Gasteiger partial charge in [-0.25, -0.2) is 8.42 Å². The van der Waals surface area contributed by atoms with Gasteiger partial charge in [-0.15, -0.1) is 0 Å². The van der Waals surface area contributed by atoms with Crippen LogP contribution in [-0.2, 0) is 9.84 Å². The summed E-state index contributed by atoms with van der Waals surface area (Å²) in [5, 5.41) is 3.25. The molecule has 1 aromatic rings. The molecule has 1 heterocycles. The molecule has 1 aromatic carbocycles. The first-order valence-corrected chi connectivity index (χ1v) is 7.35. The molecule has 0 unspecified atom stereocenters. The molecular weight excluding hydrogens is 238 g/mol. The lowest BCUT2D eigenvalue weighted by Crippen LogP contribution is -2.20. The van der Waals surface area contributed by atoms with Crippen molar-refractivity contribution in [1.82, 2.24) is 0 Å². The minimum Gasteiger partial charge on any atom is -0.495 e. The number of ether oxygens (including phenoxy) is 1. The number of fused-ring (bicyclic) bond motifs is 1. The Balaban J connectivity index is 2.18. The average Bonchev–Trinajstić information content (AvgIpc) is 3.06. The Morgan fingerprint density at radius 1 is 1.35 bits per heavy atom. The minimum absolute atomic E-state index is 0.0388. The van der Waals surface area contributed by atoms with E-state index in [0.29, 0.717) is 16.3 Å². The van der Waals surface area contributed by atoms with Crippen molar-refractivity contribution >= 4 is 15.5 Å². The van der Waals surface area contributed by atoms with E-state index in [-0.39, 0.29) is 11.2 Å². The first kappa shape index (κ1) is 10.9. The van der Waals surface area contributed by atoms with Crippen LogP contribution in [-0.4, -0.2) is 27.8 Å². The summed E-state index contributed by atoms with van der Waals surface area (Å²) >= 11 is 0. The van der Waals surface area contributed by atoms with Crippen molar-refractivity contribution in [3.05, 3.63) is 18.2 Å². The van der Waals surface area contributed by atoms with Gasteiger partial charge in [0.05, 0.1) is 18.6 Å². The zero-order valence-corrected chi connectivity index (χ0v) is 10.5. The SMILES string of the molecule is COc1cccc2c1S(=O)(=O)CC1(CC1)CN2. The van der Waals surface area contributed by atoms with Crippen molar-refractivity contribution in [2.24, 2.45) is 5.41 Å². The minimum atomic E-state index is -3.25. The second-order valence-corrected chi connectivity index (χ2v) is 6.88. The molecule has 0 bridgehead atoms. The van der Waals surface area contributed by atoms with Gasteiger partial charge in [-0.1, -0.05) is 6.07 Å². The maximum atomic E-state index is 12.4. The van der Waals surface area contributed by atoms with Gasteiger partial charge in [0.15, 0.2) is 9.84 Å². The molecule has 5 heteroatoms. The lowest BCUT2D eigenvalue weighted by molar-refractivity contribution is 0.403. The summed E-state index contributed by atoms with van der Waals surface area (Å²) in [7, 11) is -1.75. The molecule has 1 aliphatic carbocycles. The predicted octanol–water partition coefficient (Wildman–Crippen LogP) is 1.67. The zero-order valence-electron chi connectivity index (χ0n) is 9.69. The van der Waals surface area contributed by atoms with Gasteiger partial charge in [0.25, 0.3) is 0 Å². The Labute approximate surface area is 101 Å². The summed E-state index contributed by atoms with van der Waals surface area (Å²) in [5.41, 5.74) is 0.635. The number of sulfone groups is 1. The van der Waals surface area contributed by atoms with E-state index in [0.717, 1.165) is 19.4 Å². The molecule has 1 N–H and O–H groups in total. The highest BCUT2D eigenvalue weighted by Gasteiger charge is 2.49. The second-order valence-electron chi connectivity index (χ2n) is 4.95. The van der Waals surface area contributed by atoms with Crippen LogP contribution in [0.25, 0.3) is 0 Å². The first-order chi connectivity index (χ1) is 8.06. The fourth-order valence-electron chi connectivity index (χ4n) is 2.44. The Bertz CT molecular complexity index is 561. The number of rotatable bonds is 1. The first-order valence-electron chi connectivity index (χ1n) is 5.70. The van der Waals surface area contributed by atoms with Crippen molar-refractivity contribution in [3.63, 3.8) is 0 Å². The van der Waals surface area contributed by atoms with Crippen molar-refractivity contribution in [3.8, 4) is 5.75 Å². The molecule has 17 heavy (non-hydrogen) atoms. The van der Waals surface area contributed by atoms with Gasteiger partial charge in [0.2, 0.25) is 0 Å². The van der Waals surface area contributed by atoms with Crippen molar-refractivity contribution in [1.29, 1.82) is 0 Å². The van der Waals surface area contributed by atoms with Crippen molar-refractivity contribution in [2.45, 2.75) is 17.7 Å². The Morgan fingerprint density at radius 2 is 2.12 bits per heavy atom. The highest BCUT2D eigenvalue weighted by Crippen LogP contribution is 2.50.